The lowest BCUT2D eigenvalue weighted by Crippen LogP contribution is -2.43. The molecule has 2 saturated heterocycles. The molecule has 0 unspecified atom stereocenters. The van der Waals surface area contributed by atoms with Crippen LogP contribution in [0.2, 0.25) is 0 Å². The molecule has 6 nitrogen and oxygen atoms in total. The molecule has 2 aliphatic heterocycles. The predicted molar refractivity (Wildman–Crippen MR) is 94.3 cm³/mol. The molecule has 5 atom stereocenters. The van der Waals surface area contributed by atoms with Crippen LogP contribution in [0.5, 0.6) is 0 Å². The molecule has 142 valence electrons. The maximum Gasteiger partial charge on any atom is 0.330 e. The monoisotopic (exact) mass is 362 g/mol. The van der Waals surface area contributed by atoms with Crippen LogP contribution in [0.15, 0.2) is 42.5 Å². The van der Waals surface area contributed by atoms with E-state index in [4.69, 9.17) is 18.9 Å². The van der Waals surface area contributed by atoms with Gasteiger partial charge in [-0.3, -0.25) is 0 Å². The summed E-state index contributed by atoms with van der Waals surface area (Å²) >= 11 is 0. The summed E-state index contributed by atoms with van der Waals surface area (Å²) in [4.78, 5) is 11.4. The zero-order valence-electron chi connectivity index (χ0n) is 15.0. The molecule has 0 amide bonds. The number of benzene rings is 1. The van der Waals surface area contributed by atoms with Crippen molar-refractivity contribution in [1.82, 2.24) is 0 Å². The van der Waals surface area contributed by atoms with Gasteiger partial charge in [0.15, 0.2) is 6.29 Å². The molecular weight excluding hydrogens is 336 g/mol. The molecule has 0 bridgehead atoms. The second-order valence-electron chi connectivity index (χ2n) is 6.50. The molecule has 0 radical (unpaired) electrons. The lowest BCUT2D eigenvalue weighted by Gasteiger charge is -2.36. The zero-order valence-corrected chi connectivity index (χ0v) is 15.0. The van der Waals surface area contributed by atoms with Crippen molar-refractivity contribution in [3.8, 4) is 0 Å². The van der Waals surface area contributed by atoms with Crippen LogP contribution in [0.3, 0.4) is 0 Å². The van der Waals surface area contributed by atoms with Gasteiger partial charge in [0.2, 0.25) is 0 Å². The van der Waals surface area contributed by atoms with E-state index < -0.39 is 18.5 Å². The molecule has 1 aromatic carbocycles. The summed E-state index contributed by atoms with van der Waals surface area (Å²) in [5, 5.41) is 10.4. The van der Waals surface area contributed by atoms with Gasteiger partial charge in [0, 0.05) is 11.6 Å². The third-order valence-electron chi connectivity index (χ3n) is 4.63. The summed E-state index contributed by atoms with van der Waals surface area (Å²) in [5.41, 5.74) is 0.977. The Hall–Kier alpha value is -1.73. The summed E-state index contributed by atoms with van der Waals surface area (Å²) < 4.78 is 22.8. The lowest BCUT2D eigenvalue weighted by atomic mass is 10.0. The first-order chi connectivity index (χ1) is 12.7. The Labute approximate surface area is 153 Å². The summed E-state index contributed by atoms with van der Waals surface area (Å²) in [6.45, 7) is 2.51. The van der Waals surface area contributed by atoms with E-state index in [0.717, 1.165) is 5.56 Å². The maximum absolute atomic E-state index is 11.4. The molecule has 2 aliphatic rings. The standard InChI is InChI=1S/C20H26O6/c1-2-23-19(22)10-6-9-16-15(21)11-12-17-18(25-16)13-24-20(26-17)14-7-4-3-5-8-14/h3-8,10,15-18,20-21H,2,9,11-13H2,1H3/b10-6+/t15-,16+,17+,18-,20-/m1/s1. The van der Waals surface area contributed by atoms with Crippen LogP contribution < -0.4 is 0 Å². The summed E-state index contributed by atoms with van der Waals surface area (Å²) in [6.07, 6.45) is 3.03. The normalized spacial score (nSPS) is 32.0. The highest BCUT2D eigenvalue weighted by Crippen LogP contribution is 2.33. The van der Waals surface area contributed by atoms with Crippen LogP contribution in [0, 0.1) is 0 Å². The first-order valence-corrected chi connectivity index (χ1v) is 9.16. The quantitative estimate of drug-likeness (QED) is 0.641. The Morgan fingerprint density at radius 2 is 2.04 bits per heavy atom. The number of ether oxygens (including phenoxy) is 4. The molecule has 2 fully saturated rings. The molecule has 0 spiro atoms. The van der Waals surface area contributed by atoms with Crippen molar-refractivity contribution in [2.45, 2.75) is 56.9 Å². The van der Waals surface area contributed by atoms with Gasteiger partial charge >= 0.3 is 5.97 Å². The van der Waals surface area contributed by atoms with Crippen LogP contribution in [-0.2, 0) is 23.7 Å². The van der Waals surface area contributed by atoms with Crippen molar-refractivity contribution in [3.63, 3.8) is 0 Å². The Bertz CT molecular complexity index is 602. The van der Waals surface area contributed by atoms with Gasteiger partial charge < -0.3 is 24.1 Å². The zero-order chi connectivity index (χ0) is 18.4. The molecule has 3 rings (SSSR count). The van der Waals surface area contributed by atoms with Gasteiger partial charge in [-0.25, -0.2) is 4.79 Å². The first-order valence-electron chi connectivity index (χ1n) is 9.16. The van der Waals surface area contributed by atoms with E-state index in [1.54, 1.807) is 13.0 Å². The number of esters is 1. The SMILES string of the molecule is CCOC(=O)/C=C/C[C@@H]1O[C@@H]2CO[C@@H](c3ccccc3)O[C@H]2CC[C@H]1O. The molecule has 0 aromatic heterocycles. The van der Waals surface area contributed by atoms with E-state index in [1.165, 1.54) is 6.08 Å². The van der Waals surface area contributed by atoms with E-state index in [-0.39, 0.29) is 18.2 Å². The minimum atomic E-state index is -0.605. The fraction of sp³-hybridized carbons (Fsp3) is 0.550. The smallest absolute Gasteiger partial charge is 0.330 e. The fourth-order valence-corrected chi connectivity index (χ4v) is 3.28. The number of carbonyl (C=O) groups excluding carboxylic acids is 1. The number of aliphatic hydroxyl groups excluding tert-OH is 1. The van der Waals surface area contributed by atoms with Gasteiger partial charge in [0.25, 0.3) is 0 Å². The summed E-state index contributed by atoms with van der Waals surface area (Å²) in [6, 6.07) is 9.80. The van der Waals surface area contributed by atoms with Gasteiger partial charge in [0.1, 0.15) is 6.10 Å². The van der Waals surface area contributed by atoms with E-state index in [9.17, 15) is 9.90 Å². The Kier molecular flexibility index (Phi) is 6.80. The second kappa shape index (κ2) is 9.28. The highest BCUT2D eigenvalue weighted by Gasteiger charge is 2.39. The highest BCUT2D eigenvalue weighted by atomic mass is 16.7. The Morgan fingerprint density at radius 1 is 1.23 bits per heavy atom. The number of hydrogen-bond donors (Lipinski definition) is 1. The van der Waals surface area contributed by atoms with Crippen LogP contribution >= 0.6 is 0 Å². The number of carbonyl (C=O) groups is 1. The van der Waals surface area contributed by atoms with Gasteiger partial charge in [-0.2, -0.15) is 0 Å². The molecule has 0 saturated carbocycles. The molecule has 1 aromatic rings. The molecule has 1 N–H and O–H groups in total. The topological polar surface area (TPSA) is 74.2 Å². The van der Waals surface area contributed by atoms with Gasteiger partial charge in [-0.1, -0.05) is 36.4 Å². The van der Waals surface area contributed by atoms with Crippen LogP contribution in [-0.4, -0.2) is 48.7 Å². The average Bonchev–Trinajstić information content (AvgIpc) is 2.81. The van der Waals surface area contributed by atoms with Crippen molar-refractivity contribution in [2.24, 2.45) is 0 Å². The molecule has 26 heavy (non-hydrogen) atoms. The van der Waals surface area contributed by atoms with Gasteiger partial charge in [-0.05, 0) is 26.2 Å². The summed E-state index contributed by atoms with van der Waals surface area (Å²) in [5.74, 6) is -0.386. The molecule has 0 aliphatic carbocycles. The third-order valence-corrected chi connectivity index (χ3v) is 4.63. The van der Waals surface area contributed by atoms with Crippen LogP contribution in [0.25, 0.3) is 0 Å². The molecule has 6 heteroatoms. The van der Waals surface area contributed by atoms with E-state index in [2.05, 4.69) is 0 Å². The van der Waals surface area contributed by atoms with E-state index in [1.807, 2.05) is 30.3 Å². The fourth-order valence-electron chi connectivity index (χ4n) is 3.28. The van der Waals surface area contributed by atoms with E-state index >= 15 is 0 Å². The van der Waals surface area contributed by atoms with Crippen LogP contribution in [0.1, 0.15) is 38.0 Å². The van der Waals surface area contributed by atoms with Crippen molar-refractivity contribution in [1.29, 1.82) is 0 Å². The van der Waals surface area contributed by atoms with Crippen molar-refractivity contribution in [2.75, 3.05) is 13.2 Å². The van der Waals surface area contributed by atoms with Crippen molar-refractivity contribution < 1.29 is 28.8 Å². The number of rotatable bonds is 5. The largest absolute Gasteiger partial charge is 0.463 e. The number of hydrogen-bond acceptors (Lipinski definition) is 6. The lowest BCUT2D eigenvalue weighted by molar-refractivity contribution is -0.270. The van der Waals surface area contributed by atoms with Gasteiger partial charge in [0.05, 0.1) is 31.5 Å². The summed E-state index contributed by atoms with van der Waals surface area (Å²) in [7, 11) is 0. The van der Waals surface area contributed by atoms with Crippen molar-refractivity contribution in [3.05, 3.63) is 48.0 Å². The first kappa shape index (κ1) is 19.0. The molecule has 2 heterocycles. The average molecular weight is 362 g/mol. The Balaban J connectivity index is 1.58. The number of fused-ring (bicyclic) bond motifs is 1. The third kappa shape index (κ3) is 4.92. The minimum Gasteiger partial charge on any atom is -0.463 e. The van der Waals surface area contributed by atoms with E-state index in [0.29, 0.717) is 32.5 Å². The predicted octanol–water partition coefficient (Wildman–Crippen LogP) is 2.52. The number of aliphatic hydroxyl groups is 1. The molecular formula is C20H26O6. The highest BCUT2D eigenvalue weighted by molar-refractivity contribution is 5.81. The minimum absolute atomic E-state index is 0.123. The van der Waals surface area contributed by atoms with Crippen LogP contribution in [0.4, 0.5) is 0 Å². The van der Waals surface area contributed by atoms with Gasteiger partial charge in [-0.15, -0.1) is 0 Å². The van der Waals surface area contributed by atoms with Crippen molar-refractivity contribution >= 4 is 5.97 Å². The maximum atomic E-state index is 11.4. The Morgan fingerprint density at radius 3 is 2.81 bits per heavy atom. The second-order valence-corrected chi connectivity index (χ2v) is 6.50.